The highest BCUT2D eigenvalue weighted by molar-refractivity contribution is 7.80. The number of fused-ring (bicyclic) bond motifs is 1. The molecule has 0 aliphatic heterocycles. The van der Waals surface area contributed by atoms with Gasteiger partial charge in [0.05, 0.1) is 10.6 Å². The number of nitrogens with zero attached hydrogens (tertiary/aromatic N) is 1. The molecule has 2 heterocycles. The average molecular weight is 490 g/mol. The third kappa shape index (κ3) is 4.63. The molecule has 2 aromatic heterocycles. The van der Waals surface area contributed by atoms with Gasteiger partial charge in [0.1, 0.15) is 16.8 Å². The summed E-state index contributed by atoms with van der Waals surface area (Å²) in [6.07, 6.45) is 2.91. The summed E-state index contributed by atoms with van der Waals surface area (Å²) in [7, 11) is 0. The molecule has 0 saturated heterocycles. The topological polar surface area (TPSA) is 78.1 Å². The van der Waals surface area contributed by atoms with E-state index in [1.165, 1.54) is 16.2 Å². The summed E-state index contributed by atoms with van der Waals surface area (Å²) in [5.41, 5.74) is 2.33. The first-order chi connectivity index (χ1) is 14.9. The van der Waals surface area contributed by atoms with Crippen molar-refractivity contribution in [2.45, 2.75) is 26.2 Å². The highest BCUT2D eigenvalue weighted by atomic mass is 35.5. The van der Waals surface area contributed by atoms with Gasteiger partial charge in [-0.1, -0.05) is 30.1 Å². The fraction of sp³-hybridized carbons (Fsp3) is 0.227. The number of thiophene rings is 1. The lowest BCUT2D eigenvalue weighted by atomic mass is 9.89. The molecule has 5 nitrogen and oxygen atoms in total. The van der Waals surface area contributed by atoms with Gasteiger partial charge in [-0.25, -0.2) is 0 Å². The Kier molecular flexibility index (Phi) is 6.35. The smallest absolute Gasteiger partial charge is 0.293 e. The Morgan fingerprint density at radius 3 is 2.87 bits per heavy atom. The van der Waals surface area contributed by atoms with Gasteiger partial charge in [0.15, 0.2) is 10.9 Å². The maximum Gasteiger partial charge on any atom is 0.293 e. The van der Waals surface area contributed by atoms with E-state index in [4.69, 9.17) is 39.8 Å². The number of nitrogens with one attached hydrogen (secondary N) is 2. The van der Waals surface area contributed by atoms with Crippen LogP contribution in [0.5, 0.6) is 0 Å². The molecule has 9 heteroatoms. The van der Waals surface area contributed by atoms with Gasteiger partial charge < -0.3 is 9.73 Å². The summed E-state index contributed by atoms with van der Waals surface area (Å²) in [5.74, 6) is 0.629. The largest absolute Gasteiger partial charge is 0.451 e. The summed E-state index contributed by atoms with van der Waals surface area (Å²) in [6, 6.07) is 10.5. The lowest BCUT2D eigenvalue weighted by molar-refractivity contribution is 0.0951. The van der Waals surface area contributed by atoms with E-state index in [0.29, 0.717) is 37.9 Å². The molecular weight excluding hydrogens is 473 g/mol. The van der Waals surface area contributed by atoms with Crippen LogP contribution in [0.1, 0.15) is 39.9 Å². The van der Waals surface area contributed by atoms with E-state index in [2.05, 4.69) is 23.6 Å². The second kappa shape index (κ2) is 9.01. The quantitative estimate of drug-likeness (QED) is 0.413. The van der Waals surface area contributed by atoms with E-state index in [9.17, 15) is 10.1 Å². The van der Waals surface area contributed by atoms with Crippen molar-refractivity contribution in [2.24, 2.45) is 5.92 Å². The Morgan fingerprint density at radius 2 is 2.13 bits per heavy atom. The first-order valence-corrected chi connectivity index (χ1v) is 11.6. The number of carbonyl (C=O) groups is 1. The van der Waals surface area contributed by atoms with Crippen LogP contribution in [0.15, 0.2) is 34.7 Å². The molecule has 158 valence electrons. The number of hydrogen-bond donors (Lipinski definition) is 2. The number of hydrogen-bond acceptors (Lipinski definition) is 5. The van der Waals surface area contributed by atoms with Crippen molar-refractivity contribution in [2.75, 3.05) is 5.32 Å². The number of halogens is 2. The molecule has 4 rings (SSSR count). The van der Waals surface area contributed by atoms with E-state index < -0.39 is 5.91 Å². The molecule has 1 unspecified atom stereocenters. The van der Waals surface area contributed by atoms with Crippen molar-refractivity contribution in [1.29, 1.82) is 5.26 Å². The molecule has 31 heavy (non-hydrogen) atoms. The number of nitriles is 1. The van der Waals surface area contributed by atoms with Gasteiger partial charge in [-0.05, 0) is 73.3 Å². The van der Waals surface area contributed by atoms with Crippen LogP contribution in [0, 0.1) is 17.2 Å². The summed E-state index contributed by atoms with van der Waals surface area (Å²) in [6.45, 7) is 2.21. The van der Waals surface area contributed by atoms with Crippen LogP contribution in [0.4, 0.5) is 5.00 Å². The van der Waals surface area contributed by atoms with Crippen molar-refractivity contribution in [3.8, 4) is 17.4 Å². The maximum absolute atomic E-state index is 12.6. The number of carbonyl (C=O) groups excluding carboxylic acids is 1. The Morgan fingerprint density at radius 1 is 1.32 bits per heavy atom. The number of anilines is 1. The SMILES string of the molecule is CC1CCc2c(sc(NC(=S)NC(=O)c3ccc(-c4ccc(Cl)cc4Cl)o3)c2C#N)C1. The second-order valence-electron chi connectivity index (χ2n) is 7.36. The predicted molar refractivity (Wildman–Crippen MR) is 128 cm³/mol. The van der Waals surface area contributed by atoms with Crippen LogP contribution in [-0.4, -0.2) is 11.0 Å². The first kappa shape index (κ1) is 21.8. The Labute approximate surface area is 199 Å². The lowest BCUT2D eigenvalue weighted by Crippen LogP contribution is -2.33. The standard InChI is InChI=1S/C22H17Cl2N3O2S2/c1-11-2-4-13-15(10-25)21(31-19(13)8-11)27-22(30)26-20(28)18-7-6-17(29-18)14-5-3-12(23)9-16(14)24/h3,5-7,9,11H,2,4,8H2,1H3,(H2,26,27,28,30). The number of rotatable bonds is 3. The van der Waals surface area contributed by atoms with Crippen LogP contribution < -0.4 is 10.6 Å². The molecule has 0 bridgehead atoms. The third-order valence-electron chi connectivity index (χ3n) is 5.10. The van der Waals surface area contributed by atoms with Crippen LogP contribution in [0.25, 0.3) is 11.3 Å². The zero-order chi connectivity index (χ0) is 22.1. The van der Waals surface area contributed by atoms with Gasteiger partial charge in [0.2, 0.25) is 0 Å². The van der Waals surface area contributed by atoms with Crippen LogP contribution in [0.3, 0.4) is 0 Å². The molecule has 0 saturated carbocycles. The lowest BCUT2D eigenvalue weighted by Gasteiger charge is -2.17. The molecule has 0 fully saturated rings. The van der Waals surface area contributed by atoms with Gasteiger partial charge in [-0.2, -0.15) is 5.26 Å². The van der Waals surface area contributed by atoms with Crippen molar-refractivity contribution in [3.63, 3.8) is 0 Å². The van der Waals surface area contributed by atoms with E-state index in [0.717, 1.165) is 24.8 Å². The number of furan rings is 1. The van der Waals surface area contributed by atoms with Crippen LogP contribution >= 0.6 is 46.8 Å². The van der Waals surface area contributed by atoms with Gasteiger partial charge >= 0.3 is 0 Å². The Balaban J connectivity index is 1.46. The zero-order valence-electron chi connectivity index (χ0n) is 16.4. The second-order valence-corrected chi connectivity index (χ2v) is 9.72. The van der Waals surface area contributed by atoms with Crippen molar-refractivity contribution < 1.29 is 9.21 Å². The van der Waals surface area contributed by atoms with E-state index in [-0.39, 0.29) is 10.9 Å². The maximum atomic E-state index is 12.6. The van der Waals surface area contributed by atoms with Crippen LogP contribution in [0.2, 0.25) is 10.0 Å². The van der Waals surface area contributed by atoms with E-state index in [1.807, 2.05) is 0 Å². The monoisotopic (exact) mass is 489 g/mol. The van der Waals surface area contributed by atoms with Crippen molar-refractivity contribution in [1.82, 2.24) is 5.32 Å². The minimum absolute atomic E-state index is 0.0879. The summed E-state index contributed by atoms with van der Waals surface area (Å²) < 4.78 is 5.65. The number of benzene rings is 1. The minimum atomic E-state index is -0.498. The molecule has 3 aromatic rings. The van der Waals surface area contributed by atoms with E-state index in [1.54, 1.807) is 30.3 Å². The summed E-state index contributed by atoms with van der Waals surface area (Å²) in [4.78, 5) is 13.8. The summed E-state index contributed by atoms with van der Waals surface area (Å²) in [5, 5.41) is 16.9. The van der Waals surface area contributed by atoms with Gasteiger partial charge in [-0.3, -0.25) is 10.1 Å². The third-order valence-corrected chi connectivity index (χ3v) is 7.03. The average Bonchev–Trinajstić information content (AvgIpc) is 3.32. The van der Waals surface area contributed by atoms with Gasteiger partial charge in [-0.15, -0.1) is 11.3 Å². The molecule has 2 N–H and O–H groups in total. The first-order valence-electron chi connectivity index (χ1n) is 9.58. The molecule has 1 aliphatic carbocycles. The molecular formula is C22H17Cl2N3O2S2. The van der Waals surface area contributed by atoms with Gasteiger partial charge in [0.25, 0.3) is 5.91 Å². The van der Waals surface area contributed by atoms with Crippen molar-refractivity contribution >= 4 is 62.8 Å². The zero-order valence-corrected chi connectivity index (χ0v) is 19.6. The number of amides is 1. The molecule has 0 spiro atoms. The highest BCUT2D eigenvalue weighted by Gasteiger charge is 2.24. The van der Waals surface area contributed by atoms with Crippen molar-refractivity contribution in [3.05, 3.63) is 62.1 Å². The predicted octanol–water partition coefficient (Wildman–Crippen LogP) is 6.44. The molecule has 0 radical (unpaired) electrons. The molecule has 1 atom stereocenters. The Bertz CT molecular complexity index is 1230. The summed E-state index contributed by atoms with van der Waals surface area (Å²) >= 11 is 19.0. The van der Waals surface area contributed by atoms with Gasteiger partial charge in [0, 0.05) is 15.5 Å². The molecule has 1 aromatic carbocycles. The normalized spacial score (nSPS) is 15.1. The fourth-order valence-electron chi connectivity index (χ4n) is 3.55. The highest BCUT2D eigenvalue weighted by Crippen LogP contribution is 2.39. The minimum Gasteiger partial charge on any atom is -0.451 e. The molecule has 1 aliphatic rings. The van der Waals surface area contributed by atoms with E-state index >= 15 is 0 Å². The fourth-order valence-corrected chi connectivity index (χ4v) is 5.68. The van der Waals surface area contributed by atoms with Crippen LogP contribution in [-0.2, 0) is 12.8 Å². The Hall–Kier alpha value is -2.37. The number of thiocarbonyl (C=S) groups is 1. The molecule has 1 amide bonds.